The van der Waals surface area contributed by atoms with Gasteiger partial charge in [0, 0.05) is 26.2 Å². The molecule has 0 atom stereocenters. The average Bonchev–Trinajstić information content (AvgIpc) is 3.08. The van der Waals surface area contributed by atoms with Crippen LogP contribution in [0.5, 0.6) is 0 Å². The molecule has 29 heavy (non-hydrogen) atoms. The molecule has 7 nitrogen and oxygen atoms in total. The zero-order valence-electron chi connectivity index (χ0n) is 18.1. The Hall–Kier alpha value is -2.41. The van der Waals surface area contributed by atoms with Gasteiger partial charge >= 0.3 is 0 Å². The van der Waals surface area contributed by atoms with Gasteiger partial charge in [-0.1, -0.05) is 43.7 Å². The molecule has 1 aromatic carbocycles. The van der Waals surface area contributed by atoms with Crippen molar-refractivity contribution in [3.8, 4) is 0 Å². The highest BCUT2D eigenvalue weighted by Gasteiger charge is 2.19. The number of aromatic nitrogens is 3. The molecule has 2 heterocycles. The van der Waals surface area contributed by atoms with E-state index >= 15 is 0 Å². The van der Waals surface area contributed by atoms with Crippen molar-refractivity contribution in [3.63, 3.8) is 0 Å². The molecule has 0 amide bonds. The molecule has 3 rings (SSSR count). The van der Waals surface area contributed by atoms with Gasteiger partial charge in [-0.3, -0.25) is 0 Å². The third-order valence-corrected chi connectivity index (χ3v) is 5.62. The monoisotopic (exact) mass is 397 g/mol. The quantitative estimate of drug-likeness (QED) is 0.529. The first-order chi connectivity index (χ1) is 14.2. The van der Waals surface area contributed by atoms with Crippen molar-refractivity contribution in [2.75, 3.05) is 19.6 Å². The van der Waals surface area contributed by atoms with Crippen molar-refractivity contribution in [3.05, 3.63) is 47.5 Å². The van der Waals surface area contributed by atoms with Crippen LogP contribution >= 0.6 is 0 Å². The Labute approximate surface area is 174 Å². The topological polar surface area (TPSA) is 70.4 Å². The molecule has 0 unspecified atom stereocenters. The summed E-state index contributed by atoms with van der Waals surface area (Å²) in [6.45, 7) is 9.02. The molecule has 1 aliphatic rings. The highest BCUT2D eigenvalue weighted by atomic mass is 15.3. The van der Waals surface area contributed by atoms with Crippen molar-refractivity contribution in [1.82, 2.24) is 30.3 Å². The number of nitrogens with one attached hydrogen (secondary N) is 2. The number of guanidine groups is 1. The fraction of sp³-hybridized carbons (Fsp3) is 0.591. The van der Waals surface area contributed by atoms with Crippen LogP contribution in [-0.4, -0.2) is 51.3 Å². The third kappa shape index (κ3) is 6.56. The summed E-state index contributed by atoms with van der Waals surface area (Å²) >= 11 is 0. The summed E-state index contributed by atoms with van der Waals surface area (Å²) in [6, 6.07) is 10.8. The largest absolute Gasteiger partial charge is 0.354 e. The summed E-state index contributed by atoms with van der Waals surface area (Å²) in [4.78, 5) is 7.41. The average molecular weight is 398 g/mol. The molecule has 1 fully saturated rings. The van der Waals surface area contributed by atoms with Crippen molar-refractivity contribution in [2.45, 2.75) is 58.7 Å². The van der Waals surface area contributed by atoms with Crippen LogP contribution in [0.15, 0.2) is 35.3 Å². The maximum absolute atomic E-state index is 4.83. The van der Waals surface area contributed by atoms with E-state index in [1.807, 2.05) is 24.6 Å². The van der Waals surface area contributed by atoms with Gasteiger partial charge in [0.1, 0.15) is 5.82 Å². The lowest BCUT2D eigenvalue weighted by Gasteiger charge is -2.33. The van der Waals surface area contributed by atoms with E-state index in [9.17, 15) is 0 Å². The molecule has 0 bridgehead atoms. The standard InChI is InChI=1S/C22H35N7/c1-4-5-13-29-14-11-20(12-15-29)25-22(23-16-19-9-7-6-8-10-19)24-17-21-27-26-18(2)28(21)3/h6-10,20H,4-5,11-17H2,1-3H3,(H2,23,24,25). The number of piperidine rings is 1. The minimum Gasteiger partial charge on any atom is -0.354 e. The van der Waals surface area contributed by atoms with Crippen LogP contribution in [0.4, 0.5) is 0 Å². The number of likely N-dealkylation sites (tertiary alicyclic amines) is 1. The molecule has 1 aliphatic heterocycles. The molecule has 158 valence electrons. The number of aryl methyl sites for hydroxylation is 1. The smallest absolute Gasteiger partial charge is 0.192 e. The van der Waals surface area contributed by atoms with E-state index in [-0.39, 0.29) is 0 Å². The number of hydrogen-bond acceptors (Lipinski definition) is 4. The number of aliphatic imine (C=N–C) groups is 1. The Kier molecular flexibility index (Phi) is 8.04. The Bertz CT molecular complexity index is 761. The number of unbranched alkanes of at least 4 members (excludes halogenated alkanes) is 1. The fourth-order valence-corrected chi connectivity index (χ4v) is 3.55. The lowest BCUT2D eigenvalue weighted by molar-refractivity contribution is 0.203. The molecular weight excluding hydrogens is 362 g/mol. The van der Waals surface area contributed by atoms with Gasteiger partial charge in [-0.05, 0) is 38.3 Å². The van der Waals surface area contributed by atoms with Gasteiger partial charge in [0.25, 0.3) is 0 Å². The predicted molar refractivity (Wildman–Crippen MR) is 118 cm³/mol. The van der Waals surface area contributed by atoms with Crippen molar-refractivity contribution in [2.24, 2.45) is 12.0 Å². The Morgan fingerprint density at radius 2 is 1.93 bits per heavy atom. The SMILES string of the molecule is CCCCN1CCC(NC(=NCc2ccccc2)NCc2nnc(C)n2C)CC1. The van der Waals surface area contributed by atoms with Crippen LogP contribution in [0, 0.1) is 6.92 Å². The van der Waals surface area contributed by atoms with Crippen molar-refractivity contribution < 1.29 is 0 Å². The molecule has 0 aliphatic carbocycles. The zero-order valence-corrected chi connectivity index (χ0v) is 18.1. The van der Waals surface area contributed by atoms with Crippen LogP contribution in [-0.2, 0) is 20.1 Å². The number of nitrogens with zero attached hydrogens (tertiary/aromatic N) is 5. The van der Waals surface area contributed by atoms with E-state index in [4.69, 9.17) is 4.99 Å². The Morgan fingerprint density at radius 1 is 1.17 bits per heavy atom. The van der Waals surface area contributed by atoms with Crippen molar-refractivity contribution >= 4 is 5.96 Å². The first-order valence-corrected chi connectivity index (χ1v) is 10.8. The van der Waals surface area contributed by atoms with Gasteiger partial charge in [0.2, 0.25) is 0 Å². The summed E-state index contributed by atoms with van der Waals surface area (Å²) in [6.07, 6.45) is 4.86. The molecule has 1 aromatic heterocycles. The minimum absolute atomic E-state index is 0.455. The highest BCUT2D eigenvalue weighted by Crippen LogP contribution is 2.11. The highest BCUT2D eigenvalue weighted by molar-refractivity contribution is 5.80. The Morgan fingerprint density at radius 3 is 2.59 bits per heavy atom. The molecular formula is C22H35N7. The summed E-state index contributed by atoms with van der Waals surface area (Å²) in [5, 5.41) is 15.5. The molecule has 0 radical (unpaired) electrons. The molecule has 2 aromatic rings. The summed E-state index contributed by atoms with van der Waals surface area (Å²) < 4.78 is 2.01. The zero-order chi connectivity index (χ0) is 20.5. The van der Waals surface area contributed by atoms with Crippen LogP contribution in [0.25, 0.3) is 0 Å². The van der Waals surface area contributed by atoms with E-state index in [1.54, 1.807) is 0 Å². The maximum atomic E-state index is 4.83. The number of rotatable bonds is 8. The van der Waals surface area contributed by atoms with Gasteiger partial charge in [-0.2, -0.15) is 0 Å². The van der Waals surface area contributed by atoms with Crippen LogP contribution in [0.3, 0.4) is 0 Å². The summed E-state index contributed by atoms with van der Waals surface area (Å²) in [7, 11) is 1.99. The second-order valence-electron chi connectivity index (χ2n) is 7.84. The third-order valence-electron chi connectivity index (χ3n) is 5.62. The second-order valence-corrected chi connectivity index (χ2v) is 7.84. The molecule has 7 heteroatoms. The minimum atomic E-state index is 0.455. The van der Waals surface area contributed by atoms with Gasteiger partial charge in [-0.25, -0.2) is 4.99 Å². The lowest BCUT2D eigenvalue weighted by atomic mass is 10.0. The van der Waals surface area contributed by atoms with Gasteiger partial charge in [-0.15, -0.1) is 10.2 Å². The first-order valence-electron chi connectivity index (χ1n) is 10.8. The van der Waals surface area contributed by atoms with Crippen LogP contribution in [0.2, 0.25) is 0 Å². The summed E-state index contributed by atoms with van der Waals surface area (Å²) in [5.41, 5.74) is 1.21. The molecule has 1 saturated heterocycles. The lowest BCUT2D eigenvalue weighted by Crippen LogP contribution is -2.48. The van der Waals surface area contributed by atoms with E-state index in [0.29, 0.717) is 19.1 Å². The normalized spacial score (nSPS) is 16.2. The van der Waals surface area contributed by atoms with Crippen LogP contribution in [0.1, 0.15) is 49.8 Å². The Balaban J connectivity index is 1.59. The van der Waals surface area contributed by atoms with E-state index in [0.717, 1.165) is 43.5 Å². The molecule has 0 saturated carbocycles. The molecule has 2 N–H and O–H groups in total. The van der Waals surface area contributed by atoms with Gasteiger partial charge < -0.3 is 20.1 Å². The van der Waals surface area contributed by atoms with E-state index in [1.165, 1.54) is 24.9 Å². The molecule has 0 spiro atoms. The van der Waals surface area contributed by atoms with Crippen molar-refractivity contribution in [1.29, 1.82) is 0 Å². The van der Waals surface area contributed by atoms with Crippen LogP contribution < -0.4 is 10.6 Å². The van der Waals surface area contributed by atoms with Gasteiger partial charge in [0.05, 0.1) is 13.1 Å². The number of benzene rings is 1. The maximum Gasteiger partial charge on any atom is 0.192 e. The number of hydrogen-bond donors (Lipinski definition) is 2. The first kappa shape index (κ1) is 21.3. The predicted octanol–water partition coefficient (Wildman–Crippen LogP) is 2.62. The van der Waals surface area contributed by atoms with E-state index in [2.05, 4.69) is 56.9 Å². The fourth-order valence-electron chi connectivity index (χ4n) is 3.55. The second kappa shape index (κ2) is 11.0. The van der Waals surface area contributed by atoms with Gasteiger partial charge in [0.15, 0.2) is 11.8 Å². The summed E-state index contributed by atoms with van der Waals surface area (Å²) in [5.74, 6) is 2.67. The van der Waals surface area contributed by atoms with E-state index < -0.39 is 0 Å².